The predicted octanol–water partition coefficient (Wildman–Crippen LogP) is 1.53. The van der Waals surface area contributed by atoms with Crippen LogP contribution in [0.1, 0.15) is 23.6 Å². The summed E-state index contributed by atoms with van der Waals surface area (Å²) in [7, 11) is 0. The number of nitrogens with one attached hydrogen (secondary N) is 1. The quantitative estimate of drug-likeness (QED) is 0.650. The number of esters is 1. The van der Waals surface area contributed by atoms with E-state index in [9.17, 15) is 9.59 Å². The van der Waals surface area contributed by atoms with Gasteiger partial charge in [-0.3, -0.25) is 4.79 Å². The molecule has 18 heavy (non-hydrogen) atoms. The molecule has 0 aliphatic heterocycles. The van der Waals surface area contributed by atoms with E-state index in [1.807, 2.05) is 6.07 Å². The molecule has 4 heteroatoms. The number of carbonyl (C=O) groups is 2. The molecule has 0 fully saturated rings. The Morgan fingerprint density at radius 3 is 2.56 bits per heavy atom. The van der Waals surface area contributed by atoms with E-state index >= 15 is 0 Å². The molecule has 0 radical (unpaired) electrons. The van der Waals surface area contributed by atoms with Crippen LogP contribution in [0.4, 0.5) is 0 Å². The van der Waals surface area contributed by atoms with Gasteiger partial charge in [0.25, 0.3) is 0 Å². The van der Waals surface area contributed by atoms with Gasteiger partial charge in [0.1, 0.15) is 0 Å². The normalized spacial score (nSPS) is 9.94. The van der Waals surface area contributed by atoms with Crippen molar-refractivity contribution in [2.75, 3.05) is 13.2 Å². The Labute approximate surface area is 107 Å². The van der Waals surface area contributed by atoms with Crippen molar-refractivity contribution in [2.45, 2.75) is 27.2 Å². The van der Waals surface area contributed by atoms with E-state index in [0.717, 1.165) is 5.56 Å². The Kier molecular flexibility index (Phi) is 5.36. The first-order chi connectivity index (χ1) is 8.54. The summed E-state index contributed by atoms with van der Waals surface area (Å²) in [6.45, 7) is 6.42. The van der Waals surface area contributed by atoms with Crippen LogP contribution in [0, 0.1) is 13.8 Å². The molecule has 1 rings (SSSR count). The first-order valence-electron chi connectivity index (χ1n) is 6.05. The SMILES string of the molecule is CCOC(=O)C(=O)NCCc1ccc(C)c(C)c1. The van der Waals surface area contributed by atoms with Crippen molar-refractivity contribution in [1.29, 1.82) is 0 Å². The van der Waals surface area contributed by atoms with Crippen molar-refractivity contribution in [1.82, 2.24) is 5.32 Å². The van der Waals surface area contributed by atoms with Gasteiger partial charge in [-0.05, 0) is 43.9 Å². The Morgan fingerprint density at radius 1 is 1.22 bits per heavy atom. The zero-order valence-electron chi connectivity index (χ0n) is 11.1. The molecule has 0 unspecified atom stereocenters. The molecule has 0 aliphatic carbocycles. The van der Waals surface area contributed by atoms with Gasteiger partial charge in [0.05, 0.1) is 6.61 Å². The van der Waals surface area contributed by atoms with Crippen LogP contribution in [0.5, 0.6) is 0 Å². The molecule has 0 bridgehead atoms. The van der Waals surface area contributed by atoms with Crippen LogP contribution in [-0.2, 0) is 20.7 Å². The Balaban J connectivity index is 2.39. The number of aryl methyl sites for hydroxylation is 2. The lowest BCUT2D eigenvalue weighted by Gasteiger charge is -2.06. The zero-order valence-corrected chi connectivity index (χ0v) is 11.1. The van der Waals surface area contributed by atoms with Gasteiger partial charge >= 0.3 is 11.9 Å². The number of ether oxygens (including phenoxy) is 1. The van der Waals surface area contributed by atoms with Crippen LogP contribution in [0.3, 0.4) is 0 Å². The third kappa shape index (κ3) is 4.20. The number of amides is 1. The molecule has 0 aliphatic rings. The summed E-state index contributed by atoms with van der Waals surface area (Å²) in [6, 6.07) is 6.17. The van der Waals surface area contributed by atoms with Crippen LogP contribution in [0.2, 0.25) is 0 Å². The summed E-state index contributed by atoms with van der Waals surface area (Å²) < 4.78 is 4.59. The van der Waals surface area contributed by atoms with E-state index in [1.54, 1.807) is 6.92 Å². The molecule has 98 valence electrons. The van der Waals surface area contributed by atoms with E-state index in [4.69, 9.17) is 0 Å². The fraction of sp³-hybridized carbons (Fsp3) is 0.429. The Bertz CT molecular complexity index is 441. The third-order valence-corrected chi connectivity index (χ3v) is 2.73. The largest absolute Gasteiger partial charge is 0.459 e. The maximum atomic E-state index is 11.3. The topological polar surface area (TPSA) is 55.4 Å². The van der Waals surface area contributed by atoms with E-state index in [2.05, 4.69) is 36.0 Å². The second-order valence-electron chi connectivity index (χ2n) is 4.14. The lowest BCUT2D eigenvalue weighted by Crippen LogP contribution is -2.33. The highest BCUT2D eigenvalue weighted by Gasteiger charge is 2.13. The van der Waals surface area contributed by atoms with Gasteiger partial charge in [0.15, 0.2) is 0 Å². The fourth-order valence-electron chi connectivity index (χ4n) is 1.55. The highest BCUT2D eigenvalue weighted by Crippen LogP contribution is 2.09. The monoisotopic (exact) mass is 249 g/mol. The first kappa shape index (κ1) is 14.2. The third-order valence-electron chi connectivity index (χ3n) is 2.73. The second kappa shape index (κ2) is 6.79. The van der Waals surface area contributed by atoms with Crippen LogP contribution >= 0.6 is 0 Å². The molecule has 0 aromatic heterocycles. The highest BCUT2D eigenvalue weighted by atomic mass is 16.5. The molecule has 4 nitrogen and oxygen atoms in total. The minimum atomic E-state index is -0.822. The van der Waals surface area contributed by atoms with E-state index < -0.39 is 11.9 Å². The van der Waals surface area contributed by atoms with Crippen LogP contribution in [0.15, 0.2) is 18.2 Å². The van der Waals surface area contributed by atoms with E-state index in [0.29, 0.717) is 13.0 Å². The first-order valence-corrected chi connectivity index (χ1v) is 6.05. The number of hydrogen-bond donors (Lipinski definition) is 1. The summed E-state index contributed by atoms with van der Waals surface area (Å²) in [5.41, 5.74) is 3.61. The summed E-state index contributed by atoms with van der Waals surface area (Å²) in [5.74, 6) is -1.50. The predicted molar refractivity (Wildman–Crippen MR) is 69.3 cm³/mol. The smallest absolute Gasteiger partial charge is 0.396 e. The molecular formula is C14H19NO3. The van der Waals surface area contributed by atoms with Crippen molar-refractivity contribution < 1.29 is 14.3 Å². The standard InChI is InChI=1S/C14H19NO3/c1-4-18-14(17)13(16)15-8-7-12-6-5-10(2)11(3)9-12/h5-6,9H,4,7-8H2,1-3H3,(H,15,16). The van der Waals surface area contributed by atoms with E-state index in [-0.39, 0.29) is 6.61 Å². The average Bonchev–Trinajstić information content (AvgIpc) is 2.34. The maximum absolute atomic E-state index is 11.3. The maximum Gasteiger partial charge on any atom is 0.396 e. The molecule has 0 saturated carbocycles. The zero-order chi connectivity index (χ0) is 13.5. The Morgan fingerprint density at radius 2 is 1.94 bits per heavy atom. The summed E-state index contributed by atoms with van der Waals surface area (Å²) in [5, 5.41) is 2.54. The number of hydrogen-bond acceptors (Lipinski definition) is 3. The van der Waals surface area contributed by atoms with Crippen LogP contribution < -0.4 is 5.32 Å². The fourth-order valence-corrected chi connectivity index (χ4v) is 1.55. The minimum absolute atomic E-state index is 0.212. The van der Waals surface area contributed by atoms with Crippen molar-refractivity contribution in [3.63, 3.8) is 0 Å². The van der Waals surface area contributed by atoms with Crippen LogP contribution in [0.25, 0.3) is 0 Å². The van der Waals surface area contributed by atoms with E-state index in [1.165, 1.54) is 11.1 Å². The Hall–Kier alpha value is -1.84. The molecule has 1 N–H and O–H groups in total. The van der Waals surface area contributed by atoms with Crippen molar-refractivity contribution in [2.24, 2.45) is 0 Å². The molecule has 0 spiro atoms. The van der Waals surface area contributed by atoms with Gasteiger partial charge in [-0.2, -0.15) is 0 Å². The van der Waals surface area contributed by atoms with Crippen molar-refractivity contribution in [3.8, 4) is 0 Å². The molecule has 1 amide bonds. The van der Waals surface area contributed by atoms with Gasteiger partial charge < -0.3 is 10.1 Å². The van der Waals surface area contributed by atoms with Crippen LogP contribution in [-0.4, -0.2) is 25.0 Å². The van der Waals surface area contributed by atoms with Gasteiger partial charge in [-0.1, -0.05) is 18.2 Å². The molecule has 1 aromatic carbocycles. The minimum Gasteiger partial charge on any atom is -0.459 e. The number of benzene rings is 1. The lowest BCUT2D eigenvalue weighted by atomic mass is 10.0. The van der Waals surface area contributed by atoms with Gasteiger partial charge in [-0.25, -0.2) is 4.79 Å². The highest BCUT2D eigenvalue weighted by molar-refractivity contribution is 6.32. The van der Waals surface area contributed by atoms with Gasteiger partial charge in [-0.15, -0.1) is 0 Å². The molecule has 0 saturated heterocycles. The second-order valence-corrected chi connectivity index (χ2v) is 4.14. The van der Waals surface area contributed by atoms with Crippen molar-refractivity contribution in [3.05, 3.63) is 34.9 Å². The van der Waals surface area contributed by atoms with Gasteiger partial charge in [0.2, 0.25) is 0 Å². The molecule has 0 atom stereocenters. The number of carbonyl (C=O) groups excluding carboxylic acids is 2. The molecular weight excluding hydrogens is 230 g/mol. The summed E-state index contributed by atoms with van der Waals surface area (Å²) >= 11 is 0. The van der Waals surface area contributed by atoms with Gasteiger partial charge in [0, 0.05) is 6.54 Å². The lowest BCUT2D eigenvalue weighted by molar-refractivity contribution is -0.154. The number of rotatable bonds is 4. The summed E-state index contributed by atoms with van der Waals surface area (Å²) in [4.78, 5) is 22.3. The average molecular weight is 249 g/mol. The molecule has 0 heterocycles. The van der Waals surface area contributed by atoms with Crippen molar-refractivity contribution >= 4 is 11.9 Å². The summed E-state index contributed by atoms with van der Waals surface area (Å²) in [6.07, 6.45) is 0.701. The molecule has 1 aromatic rings.